The normalized spacial score (nSPS) is 11.5. The van der Waals surface area contributed by atoms with Crippen molar-refractivity contribution in [1.82, 2.24) is 39.9 Å². The lowest BCUT2D eigenvalue weighted by Crippen LogP contribution is -2.08. The summed E-state index contributed by atoms with van der Waals surface area (Å²) in [5.74, 6) is 1.54. The van der Waals surface area contributed by atoms with Crippen molar-refractivity contribution >= 4 is 108 Å². The van der Waals surface area contributed by atoms with Crippen molar-refractivity contribution < 1.29 is 59.8 Å². The second kappa shape index (κ2) is 36.4. The number of aromatic nitrogens is 8. The Hall–Kier alpha value is -17.3. The quantitative estimate of drug-likeness (QED) is 0.0329. The van der Waals surface area contributed by atoms with E-state index in [4.69, 9.17) is 38.9 Å². The van der Waals surface area contributed by atoms with Crippen molar-refractivity contribution in [3.8, 4) is 160 Å². The van der Waals surface area contributed by atoms with E-state index in [1.807, 2.05) is 159 Å². The van der Waals surface area contributed by atoms with Gasteiger partial charge in [-0.2, -0.15) is 19.9 Å². The summed E-state index contributed by atoms with van der Waals surface area (Å²) in [6, 6.07) is 105. The van der Waals surface area contributed by atoms with E-state index in [0.717, 1.165) is 105 Å². The molecular weight excluding hydrogens is 1670 g/mol. The molecule has 22 aromatic rings. The number of hydrogen-bond acceptors (Lipinski definition) is 20. The van der Waals surface area contributed by atoms with Gasteiger partial charge in [0.05, 0.1) is 58.3 Å². The predicted molar refractivity (Wildman–Crippen MR) is 534 cm³/mol. The molecule has 0 aliphatic heterocycles. The molecule has 0 unspecified atom stereocenters. The van der Waals surface area contributed by atoms with E-state index >= 15 is 0 Å². The highest BCUT2D eigenvalue weighted by Crippen LogP contribution is 2.48. The van der Waals surface area contributed by atoms with E-state index in [0.29, 0.717) is 63.4 Å². The Morgan fingerprint density at radius 3 is 1.07 bits per heavy atom. The number of aromatic hydroxyl groups is 8. The molecule has 134 heavy (non-hydrogen) atoms. The standard InChI is InChI=1S/C31H24N2O3.C29H22N2O2.C27H22N2O4.C27H22N2O3/c1-18(2)36-30-17-28(32-31(33-30)25-14-12-20(34)15-29(25)35)27-16-26-21-8-4-3-7-19(21)11-13-24(26)22-9-5-6-10-23(22)27;1-17(2)33-26-16-24(30-29(31-26)23-8-3-4-9-25(23)32)21-14-12-20-11-10-18-6-5-7-19-13-15-22(21)28(20)27(18)19;1-15(2)33-24-14-21(28-27(29-24)26-22(31)12-18(30)13-23(26)32)25-19-9-5-3-7-16(19)11-17-8-4-6-10-20(17)25;1-16(2)32-25-15-22(28-27(29-25)26-23(30)12-7-13-24(26)31)21-14-17-8-3-4-9-18(17)19-10-5-6-11-20(19)21/h3-18,34-35H,1-2H3;3-17,32H,1-2H3;3-15,30-32H,1-2H3;3-16,30-31H,1-2H3. The summed E-state index contributed by atoms with van der Waals surface area (Å²) in [7, 11) is 0. The monoisotopic (exact) mass is 1760 g/mol. The number of hydrogen-bond donors (Lipinski definition) is 8. The highest BCUT2D eigenvalue weighted by atomic mass is 16.5. The summed E-state index contributed by atoms with van der Waals surface area (Å²) in [5.41, 5.74) is 7.66. The fourth-order valence-corrected chi connectivity index (χ4v) is 17.5. The molecular formula is C114H90N8O12. The molecule has 20 nitrogen and oxygen atoms in total. The molecule has 0 fully saturated rings. The van der Waals surface area contributed by atoms with Crippen LogP contribution in [0, 0.1) is 0 Å². The number of benzene rings is 18. The molecule has 4 heterocycles. The van der Waals surface area contributed by atoms with E-state index in [-0.39, 0.29) is 93.2 Å². The lowest BCUT2D eigenvalue weighted by molar-refractivity contribution is 0.232. The minimum absolute atomic E-state index is 0.0211. The van der Waals surface area contributed by atoms with Gasteiger partial charge < -0.3 is 59.8 Å². The van der Waals surface area contributed by atoms with Crippen molar-refractivity contribution in [2.45, 2.75) is 79.8 Å². The third-order valence-corrected chi connectivity index (χ3v) is 23.1. The molecule has 18 aromatic carbocycles. The van der Waals surface area contributed by atoms with Gasteiger partial charge >= 0.3 is 0 Å². The molecule has 0 saturated heterocycles. The Morgan fingerprint density at radius 1 is 0.187 bits per heavy atom. The van der Waals surface area contributed by atoms with E-state index in [2.05, 4.69) is 172 Å². The van der Waals surface area contributed by atoms with Crippen LogP contribution in [-0.2, 0) is 0 Å². The van der Waals surface area contributed by atoms with Crippen LogP contribution in [0.3, 0.4) is 0 Å². The fraction of sp³-hybridized carbons (Fsp3) is 0.105. The van der Waals surface area contributed by atoms with Gasteiger partial charge in [-0.3, -0.25) is 0 Å². The zero-order valence-corrected chi connectivity index (χ0v) is 74.3. The first-order valence-corrected chi connectivity index (χ1v) is 44.1. The number of para-hydroxylation sites is 1. The minimum Gasteiger partial charge on any atom is -0.508 e. The first-order chi connectivity index (χ1) is 65.0. The summed E-state index contributed by atoms with van der Waals surface area (Å²) in [6.07, 6.45) is -0.374. The average Bonchev–Trinajstić information content (AvgIpc) is 0.738. The molecule has 0 saturated carbocycles. The Kier molecular flexibility index (Phi) is 23.4. The maximum atomic E-state index is 10.5. The van der Waals surface area contributed by atoms with Gasteiger partial charge in [0.2, 0.25) is 23.5 Å². The molecule has 0 radical (unpaired) electrons. The largest absolute Gasteiger partial charge is 0.508 e. The molecule has 8 N–H and O–H groups in total. The first kappa shape index (κ1) is 86.1. The third-order valence-electron chi connectivity index (χ3n) is 23.1. The molecule has 0 aliphatic carbocycles. The van der Waals surface area contributed by atoms with Gasteiger partial charge in [-0.05, 0) is 218 Å². The zero-order valence-electron chi connectivity index (χ0n) is 74.3. The average molecular weight is 1760 g/mol. The Bertz CT molecular complexity index is 8200. The molecule has 0 bridgehead atoms. The van der Waals surface area contributed by atoms with Gasteiger partial charge in [-0.25, -0.2) is 19.9 Å². The van der Waals surface area contributed by atoms with Crippen LogP contribution >= 0.6 is 0 Å². The van der Waals surface area contributed by atoms with Gasteiger partial charge in [-0.1, -0.05) is 231 Å². The van der Waals surface area contributed by atoms with Crippen molar-refractivity contribution in [1.29, 1.82) is 0 Å². The lowest BCUT2D eigenvalue weighted by Gasteiger charge is -2.16. The Labute approximate surface area is 770 Å². The summed E-state index contributed by atoms with van der Waals surface area (Å²) in [6.45, 7) is 15.5. The van der Waals surface area contributed by atoms with E-state index in [1.54, 1.807) is 36.4 Å². The maximum Gasteiger partial charge on any atom is 0.217 e. The highest BCUT2D eigenvalue weighted by Gasteiger charge is 2.26. The number of rotatable bonds is 16. The summed E-state index contributed by atoms with van der Waals surface area (Å²) in [4.78, 5) is 37.3. The molecule has 0 amide bonds. The predicted octanol–water partition coefficient (Wildman–Crippen LogP) is 27.0. The van der Waals surface area contributed by atoms with Crippen molar-refractivity contribution in [2.24, 2.45) is 0 Å². The Morgan fingerprint density at radius 2 is 0.530 bits per heavy atom. The molecule has 658 valence electrons. The summed E-state index contributed by atoms with van der Waals surface area (Å²) >= 11 is 0. The van der Waals surface area contributed by atoms with Gasteiger partial charge in [-0.15, -0.1) is 0 Å². The van der Waals surface area contributed by atoms with Crippen LogP contribution in [0.15, 0.2) is 328 Å². The van der Waals surface area contributed by atoms with Crippen LogP contribution in [0.2, 0.25) is 0 Å². The van der Waals surface area contributed by atoms with E-state index < -0.39 is 0 Å². The minimum atomic E-state index is -0.331. The number of ether oxygens (including phenoxy) is 4. The second-order valence-corrected chi connectivity index (χ2v) is 33.8. The van der Waals surface area contributed by atoms with Gasteiger partial charge in [0.1, 0.15) is 57.1 Å². The number of phenolic OH excluding ortho intramolecular Hbond substituents is 8. The van der Waals surface area contributed by atoms with Gasteiger partial charge in [0.15, 0.2) is 23.3 Å². The number of phenols is 8. The SMILES string of the molecule is CC(C)Oc1cc(-c2c3ccccc3cc3ccccc23)nc(-c2c(O)cc(O)cc2O)n1.CC(C)Oc1cc(-c2cc3c4ccccc4ccc3c3ccccc23)nc(-c2ccc(O)cc2O)n1.CC(C)Oc1cc(-c2cc3ccccc3c3ccccc23)nc(-c2c(O)cccc2O)n1.CC(C)Oc1cc(-c2ccc3ccc4cccc5ccc2c3c45)nc(-c2ccccc2O)n1. The van der Waals surface area contributed by atoms with Crippen molar-refractivity contribution in [3.63, 3.8) is 0 Å². The Balaban J connectivity index is 0.000000115. The summed E-state index contributed by atoms with van der Waals surface area (Å²) in [5, 5.41) is 105. The first-order valence-electron chi connectivity index (χ1n) is 44.1. The highest BCUT2D eigenvalue weighted by molar-refractivity contribution is 6.26. The zero-order chi connectivity index (χ0) is 92.7. The molecule has 0 atom stereocenters. The van der Waals surface area contributed by atoms with E-state index in [1.165, 1.54) is 67.4 Å². The topological polar surface area (TPSA) is 302 Å². The lowest BCUT2D eigenvalue weighted by atomic mass is 9.91. The fourth-order valence-electron chi connectivity index (χ4n) is 17.5. The van der Waals surface area contributed by atoms with E-state index in [9.17, 15) is 40.9 Å². The third kappa shape index (κ3) is 17.3. The number of nitrogens with zero attached hydrogens (tertiary/aromatic N) is 8. The van der Waals surface area contributed by atoms with Crippen LogP contribution < -0.4 is 18.9 Å². The molecule has 22 rings (SSSR count). The van der Waals surface area contributed by atoms with Crippen molar-refractivity contribution in [3.05, 3.63) is 328 Å². The number of fused-ring (bicyclic) bond motifs is 10. The van der Waals surface area contributed by atoms with Crippen LogP contribution in [0.1, 0.15) is 55.4 Å². The van der Waals surface area contributed by atoms with Gasteiger partial charge in [0.25, 0.3) is 0 Å². The van der Waals surface area contributed by atoms with Crippen LogP contribution in [0.4, 0.5) is 0 Å². The van der Waals surface area contributed by atoms with Crippen LogP contribution in [-0.4, -0.2) is 105 Å². The second-order valence-electron chi connectivity index (χ2n) is 33.8. The van der Waals surface area contributed by atoms with Crippen LogP contribution in [0.5, 0.6) is 69.5 Å². The molecule has 20 heteroatoms. The molecule has 0 aliphatic rings. The van der Waals surface area contributed by atoms with Crippen molar-refractivity contribution in [2.75, 3.05) is 0 Å². The molecule has 0 spiro atoms. The molecule has 4 aromatic heterocycles. The van der Waals surface area contributed by atoms with Crippen LogP contribution in [0.25, 0.3) is 198 Å². The maximum absolute atomic E-state index is 10.5. The smallest absolute Gasteiger partial charge is 0.217 e. The van der Waals surface area contributed by atoms with Gasteiger partial charge in [0, 0.05) is 64.7 Å². The summed E-state index contributed by atoms with van der Waals surface area (Å²) < 4.78 is 23.8.